The van der Waals surface area contributed by atoms with Crippen LogP contribution in [0.25, 0.3) is 0 Å². The van der Waals surface area contributed by atoms with E-state index >= 15 is 0 Å². The van der Waals surface area contributed by atoms with Gasteiger partial charge >= 0.3 is 0 Å². The number of hydrogen-bond acceptors (Lipinski definition) is 6. The fourth-order valence-corrected chi connectivity index (χ4v) is 2.61. The summed E-state index contributed by atoms with van der Waals surface area (Å²) in [7, 11) is 0. The van der Waals surface area contributed by atoms with Crippen molar-refractivity contribution in [2.75, 3.05) is 12.3 Å². The molecule has 2 heterocycles. The minimum Gasteiger partial charge on any atom is -0.397 e. The van der Waals surface area contributed by atoms with Crippen molar-refractivity contribution < 1.29 is 4.79 Å². The third kappa shape index (κ3) is 4.21. The molecule has 5 N–H and O–H groups in total. The van der Waals surface area contributed by atoms with Crippen molar-refractivity contribution in [3.63, 3.8) is 0 Å². The Labute approximate surface area is 158 Å². The van der Waals surface area contributed by atoms with Crippen LogP contribution in [0.3, 0.4) is 0 Å². The molecular formula is C20H22N6O. The van der Waals surface area contributed by atoms with Crippen LogP contribution in [-0.4, -0.2) is 28.9 Å². The molecule has 0 atom stereocenters. The number of aliphatic imine (C=N–C) groups is 2. The fourth-order valence-electron chi connectivity index (χ4n) is 2.61. The molecule has 0 unspecified atom stereocenters. The molecule has 3 rings (SSSR count). The SMILES string of the molecule is C=C1C=C(C(=O)NCc2ccc(/N=C(\C)CN)c(N)c2)N=C2C=CC=CN12. The van der Waals surface area contributed by atoms with Crippen molar-refractivity contribution >= 4 is 28.8 Å². The van der Waals surface area contributed by atoms with Crippen LogP contribution in [0.2, 0.25) is 0 Å². The summed E-state index contributed by atoms with van der Waals surface area (Å²) >= 11 is 0. The second-order valence-corrected chi connectivity index (χ2v) is 6.19. The van der Waals surface area contributed by atoms with Gasteiger partial charge in [-0.15, -0.1) is 0 Å². The normalized spacial score (nSPS) is 16.0. The van der Waals surface area contributed by atoms with Gasteiger partial charge < -0.3 is 21.7 Å². The number of carbonyl (C=O) groups is 1. The highest BCUT2D eigenvalue weighted by atomic mass is 16.2. The van der Waals surface area contributed by atoms with Gasteiger partial charge in [-0.2, -0.15) is 0 Å². The lowest BCUT2D eigenvalue weighted by Crippen LogP contribution is -2.31. The van der Waals surface area contributed by atoms with Crippen LogP contribution >= 0.6 is 0 Å². The third-order valence-corrected chi connectivity index (χ3v) is 4.07. The van der Waals surface area contributed by atoms with Gasteiger partial charge in [0.2, 0.25) is 0 Å². The Morgan fingerprint density at radius 2 is 2.19 bits per heavy atom. The molecular weight excluding hydrogens is 340 g/mol. The molecule has 0 radical (unpaired) electrons. The van der Waals surface area contributed by atoms with Crippen molar-refractivity contribution in [3.8, 4) is 0 Å². The van der Waals surface area contributed by atoms with E-state index in [0.717, 1.165) is 11.3 Å². The van der Waals surface area contributed by atoms with Gasteiger partial charge in [0.15, 0.2) is 0 Å². The maximum Gasteiger partial charge on any atom is 0.270 e. The van der Waals surface area contributed by atoms with Crippen LogP contribution < -0.4 is 16.8 Å². The van der Waals surface area contributed by atoms with E-state index in [2.05, 4.69) is 21.9 Å². The van der Waals surface area contributed by atoms with Crippen LogP contribution in [0.5, 0.6) is 0 Å². The van der Waals surface area contributed by atoms with E-state index in [1.165, 1.54) is 0 Å². The number of rotatable bonds is 5. The molecule has 0 saturated heterocycles. The van der Waals surface area contributed by atoms with E-state index in [4.69, 9.17) is 11.5 Å². The Morgan fingerprint density at radius 3 is 2.93 bits per heavy atom. The molecule has 2 aliphatic rings. The van der Waals surface area contributed by atoms with E-state index in [-0.39, 0.29) is 5.91 Å². The highest BCUT2D eigenvalue weighted by Crippen LogP contribution is 2.24. The lowest BCUT2D eigenvalue weighted by molar-refractivity contribution is -0.117. The maximum absolute atomic E-state index is 12.5. The number of nitrogens with two attached hydrogens (primary N) is 2. The van der Waals surface area contributed by atoms with E-state index in [1.807, 2.05) is 48.4 Å². The van der Waals surface area contributed by atoms with E-state index in [1.54, 1.807) is 12.1 Å². The van der Waals surface area contributed by atoms with Crippen LogP contribution in [0.15, 0.2) is 76.7 Å². The number of fused-ring (bicyclic) bond motifs is 1. The number of amidine groups is 1. The number of nitrogens with zero attached hydrogens (tertiary/aromatic N) is 3. The molecule has 0 aromatic heterocycles. The molecule has 2 aliphatic heterocycles. The van der Waals surface area contributed by atoms with Crippen LogP contribution in [-0.2, 0) is 11.3 Å². The quantitative estimate of drug-likeness (QED) is 0.550. The first kappa shape index (κ1) is 18.3. The topological polar surface area (TPSA) is 109 Å². The Bertz CT molecular complexity index is 936. The first-order valence-electron chi connectivity index (χ1n) is 8.52. The molecule has 1 aromatic rings. The fraction of sp³-hybridized carbons (Fsp3) is 0.150. The second-order valence-electron chi connectivity index (χ2n) is 6.19. The largest absolute Gasteiger partial charge is 0.397 e. The smallest absolute Gasteiger partial charge is 0.270 e. The van der Waals surface area contributed by atoms with Crippen LogP contribution in [0.4, 0.5) is 11.4 Å². The molecule has 1 aromatic carbocycles. The zero-order valence-electron chi connectivity index (χ0n) is 15.1. The molecule has 0 saturated carbocycles. The summed E-state index contributed by atoms with van der Waals surface area (Å²) in [5.41, 5.74) is 15.5. The van der Waals surface area contributed by atoms with Crippen molar-refractivity contribution in [1.82, 2.24) is 10.2 Å². The highest BCUT2D eigenvalue weighted by molar-refractivity contribution is 6.04. The van der Waals surface area contributed by atoms with Gasteiger partial charge in [0, 0.05) is 30.7 Å². The number of amides is 1. The molecule has 27 heavy (non-hydrogen) atoms. The van der Waals surface area contributed by atoms with Gasteiger partial charge in [0.25, 0.3) is 5.91 Å². The molecule has 1 amide bonds. The highest BCUT2D eigenvalue weighted by Gasteiger charge is 2.20. The maximum atomic E-state index is 12.5. The number of benzene rings is 1. The van der Waals surface area contributed by atoms with Gasteiger partial charge in [-0.3, -0.25) is 9.79 Å². The number of carbonyl (C=O) groups excluding carboxylic acids is 1. The summed E-state index contributed by atoms with van der Waals surface area (Å²) in [6, 6.07) is 5.48. The first-order chi connectivity index (χ1) is 13.0. The molecule has 0 bridgehead atoms. The molecule has 7 heteroatoms. The molecule has 0 aliphatic carbocycles. The first-order valence-corrected chi connectivity index (χ1v) is 8.52. The molecule has 138 valence electrons. The van der Waals surface area contributed by atoms with Crippen molar-refractivity contribution in [2.45, 2.75) is 13.5 Å². The number of hydrogen-bond donors (Lipinski definition) is 3. The monoisotopic (exact) mass is 362 g/mol. The zero-order valence-corrected chi connectivity index (χ0v) is 15.1. The summed E-state index contributed by atoms with van der Waals surface area (Å²) in [4.78, 5) is 23.0. The predicted molar refractivity (Wildman–Crippen MR) is 109 cm³/mol. The van der Waals surface area contributed by atoms with Crippen molar-refractivity contribution in [3.05, 3.63) is 72.2 Å². The minimum absolute atomic E-state index is 0.272. The summed E-state index contributed by atoms with van der Waals surface area (Å²) in [5.74, 6) is 0.391. The number of anilines is 1. The number of nitrogens with one attached hydrogen (secondary N) is 1. The average Bonchev–Trinajstić information content (AvgIpc) is 2.67. The van der Waals surface area contributed by atoms with E-state index < -0.39 is 0 Å². The molecule has 0 fully saturated rings. The standard InChI is InChI=1S/C20H22N6O/c1-13(11-21)24-17-7-6-15(10-16(17)22)12-23-20(27)18-9-14(2)26-8-4-3-5-19(26)25-18/h3-10H,2,11-12,21-22H2,1H3,(H,23,27)/b24-13+. The number of allylic oxidation sites excluding steroid dienone is 3. The van der Waals surface area contributed by atoms with Gasteiger partial charge in [-0.25, -0.2) is 4.99 Å². The van der Waals surface area contributed by atoms with Crippen LogP contribution in [0, 0.1) is 0 Å². The zero-order chi connectivity index (χ0) is 19.4. The Morgan fingerprint density at radius 1 is 1.37 bits per heavy atom. The predicted octanol–water partition coefficient (Wildman–Crippen LogP) is 2.13. The minimum atomic E-state index is -0.272. The summed E-state index contributed by atoms with van der Waals surface area (Å²) in [6.45, 7) is 6.52. The van der Waals surface area contributed by atoms with E-state index in [9.17, 15) is 4.79 Å². The van der Waals surface area contributed by atoms with Gasteiger partial charge in [0.05, 0.1) is 11.4 Å². The van der Waals surface area contributed by atoms with E-state index in [0.29, 0.717) is 41.7 Å². The van der Waals surface area contributed by atoms with Gasteiger partial charge in [-0.1, -0.05) is 18.7 Å². The second kappa shape index (κ2) is 7.84. The summed E-state index contributed by atoms with van der Waals surface area (Å²) in [6.07, 6.45) is 9.09. The Hall–Kier alpha value is -3.45. The lowest BCUT2D eigenvalue weighted by Gasteiger charge is -2.26. The lowest BCUT2D eigenvalue weighted by atomic mass is 10.1. The Balaban J connectivity index is 1.67. The van der Waals surface area contributed by atoms with Crippen molar-refractivity contribution in [2.24, 2.45) is 15.7 Å². The molecule has 7 nitrogen and oxygen atoms in total. The summed E-state index contributed by atoms with van der Waals surface area (Å²) in [5, 5.41) is 2.86. The summed E-state index contributed by atoms with van der Waals surface area (Å²) < 4.78 is 0. The number of nitrogen functional groups attached to an aromatic ring is 1. The Kier molecular flexibility index (Phi) is 5.33. The average molecular weight is 362 g/mol. The third-order valence-electron chi connectivity index (χ3n) is 4.07. The van der Waals surface area contributed by atoms with Gasteiger partial charge in [0.1, 0.15) is 11.5 Å². The molecule has 0 spiro atoms. The van der Waals surface area contributed by atoms with Crippen LogP contribution in [0.1, 0.15) is 12.5 Å². The van der Waals surface area contributed by atoms with Gasteiger partial charge in [-0.05, 0) is 42.8 Å². The van der Waals surface area contributed by atoms with Crippen molar-refractivity contribution in [1.29, 1.82) is 0 Å².